The van der Waals surface area contributed by atoms with Gasteiger partial charge in [-0.25, -0.2) is 4.90 Å². The lowest BCUT2D eigenvalue weighted by atomic mass is 10.1. The molecule has 0 radical (unpaired) electrons. The van der Waals surface area contributed by atoms with Crippen molar-refractivity contribution in [1.82, 2.24) is 0 Å². The number of rotatable bonds is 5. The van der Waals surface area contributed by atoms with Crippen molar-refractivity contribution < 1.29 is 19.1 Å². The number of carbonyl (C=O) groups excluding carboxylic acids is 3. The number of hydrogen-bond acceptors (Lipinski definition) is 5. The summed E-state index contributed by atoms with van der Waals surface area (Å²) in [5.41, 5.74) is 2.00. The Morgan fingerprint density at radius 3 is 2.50 bits per heavy atom. The number of hydrogen-bond donors (Lipinski definition) is 1. The number of carbonyl (C=O) groups is 3. The second-order valence-corrected chi connectivity index (χ2v) is 6.97. The van der Waals surface area contributed by atoms with Crippen LogP contribution in [0.15, 0.2) is 48.5 Å². The molecule has 1 aliphatic rings. The summed E-state index contributed by atoms with van der Waals surface area (Å²) >= 11 is 0.887. The summed E-state index contributed by atoms with van der Waals surface area (Å²) in [6.45, 7) is 1.84. The van der Waals surface area contributed by atoms with Gasteiger partial charge in [0.1, 0.15) is 11.0 Å². The minimum Gasteiger partial charge on any atom is -0.497 e. The van der Waals surface area contributed by atoms with Crippen LogP contribution in [-0.2, 0) is 9.59 Å². The van der Waals surface area contributed by atoms with Gasteiger partial charge in [0.05, 0.1) is 12.8 Å². The molecule has 1 atom stereocenters. The Morgan fingerprint density at radius 1 is 1.15 bits per heavy atom. The average molecular weight is 370 g/mol. The number of para-hydroxylation sites is 1. The Kier molecular flexibility index (Phi) is 5.27. The lowest BCUT2D eigenvalue weighted by Gasteiger charge is -2.16. The molecule has 6 nitrogen and oxygen atoms in total. The first-order chi connectivity index (χ1) is 12.5. The van der Waals surface area contributed by atoms with Gasteiger partial charge < -0.3 is 10.1 Å². The molecule has 0 unspecified atom stereocenters. The molecule has 2 aromatic carbocycles. The summed E-state index contributed by atoms with van der Waals surface area (Å²) in [5, 5.41) is 1.65. The summed E-state index contributed by atoms with van der Waals surface area (Å²) in [5.74, 6) is 0.00336. The lowest BCUT2D eigenvalue weighted by molar-refractivity contribution is -0.121. The highest BCUT2D eigenvalue weighted by Gasteiger charge is 2.41. The first-order valence-corrected chi connectivity index (χ1v) is 8.91. The van der Waals surface area contributed by atoms with Crippen molar-refractivity contribution in [2.45, 2.75) is 18.6 Å². The van der Waals surface area contributed by atoms with E-state index in [0.29, 0.717) is 17.1 Å². The largest absolute Gasteiger partial charge is 0.497 e. The molecule has 1 saturated heterocycles. The third kappa shape index (κ3) is 3.72. The van der Waals surface area contributed by atoms with Gasteiger partial charge in [-0.1, -0.05) is 18.2 Å². The van der Waals surface area contributed by atoms with Crippen LogP contribution in [0, 0.1) is 6.92 Å². The number of imide groups is 1. The molecule has 3 rings (SSSR count). The van der Waals surface area contributed by atoms with Crippen molar-refractivity contribution in [1.29, 1.82) is 0 Å². The first-order valence-electron chi connectivity index (χ1n) is 8.03. The average Bonchev–Trinajstić information content (AvgIpc) is 2.90. The van der Waals surface area contributed by atoms with Gasteiger partial charge in [0.2, 0.25) is 11.8 Å². The van der Waals surface area contributed by atoms with E-state index in [4.69, 9.17) is 4.74 Å². The third-order valence-corrected chi connectivity index (χ3v) is 5.06. The van der Waals surface area contributed by atoms with E-state index in [1.165, 1.54) is 0 Å². The van der Waals surface area contributed by atoms with E-state index in [2.05, 4.69) is 5.32 Å². The molecule has 0 aliphatic carbocycles. The number of nitrogens with zero attached hydrogens (tertiary/aromatic N) is 1. The van der Waals surface area contributed by atoms with E-state index < -0.39 is 5.25 Å². The molecule has 1 N–H and O–H groups in total. The van der Waals surface area contributed by atoms with Crippen LogP contribution in [0.1, 0.15) is 12.0 Å². The monoisotopic (exact) mass is 370 g/mol. The zero-order chi connectivity index (χ0) is 18.7. The summed E-state index contributed by atoms with van der Waals surface area (Å²) in [4.78, 5) is 38.3. The summed E-state index contributed by atoms with van der Waals surface area (Å²) in [6, 6.07) is 14.1. The fraction of sp³-hybridized carbons (Fsp3) is 0.211. The molecule has 134 valence electrons. The number of benzene rings is 2. The molecule has 26 heavy (non-hydrogen) atoms. The number of aryl methyl sites for hydroxylation is 1. The van der Waals surface area contributed by atoms with Gasteiger partial charge in [0.15, 0.2) is 0 Å². The van der Waals surface area contributed by atoms with Crippen LogP contribution in [-0.4, -0.2) is 29.4 Å². The topological polar surface area (TPSA) is 75.7 Å². The number of amides is 3. The standard InChI is InChI=1S/C19H18N2O4S/c1-12-5-3-4-6-15(12)21-18(23)16(26-19(21)24)11-17(22)20-13-7-9-14(25-2)10-8-13/h3-10,16H,11H2,1-2H3,(H,20,22)/t16-/m1/s1. The molecule has 0 spiro atoms. The number of methoxy groups -OCH3 is 1. The maximum absolute atomic E-state index is 12.6. The maximum atomic E-state index is 12.6. The second kappa shape index (κ2) is 7.61. The molecule has 2 aromatic rings. The molecule has 0 bridgehead atoms. The molecule has 1 fully saturated rings. The van der Waals surface area contributed by atoms with Gasteiger partial charge in [0.25, 0.3) is 5.24 Å². The SMILES string of the molecule is COc1ccc(NC(=O)C[C@H]2SC(=O)N(c3ccccc3C)C2=O)cc1. The maximum Gasteiger partial charge on any atom is 0.293 e. The normalized spacial score (nSPS) is 16.7. The molecule has 0 saturated carbocycles. The zero-order valence-electron chi connectivity index (χ0n) is 14.4. The van der Waals surface area contributed by atoms with Gasteiger partial charge in [-0.3, -0.25) is 14.4 Å². The molecule has 7 heteroatoms. The van der Waals surface area contributed by atoms with Crippen molar-refractivity contribution in [3.8, 4) is 5.75 Å². The third-order valence-electron chi connectivity index (χ3n) is 4.02. The van der Waals surface area contributed by atoms with Gasteiger partial charge in [-0.2, -0.15) is 0 Å². The Hall–Kier alpha value is -2.80. The van der Waals surface area contributed by atoms with Crippen molar-refractivity contribution in [2.75, 3.05) is 17.3 Å². The molecular weight excluding hydrogens is 352 g/mol. The Balaban J connectivity index is 1.66. The van der Waals surface area contributed by atoms with Crippen molar-refractivity contribution in [2.24, 2.45) is 0 Å². The summed E-state index contributed by atoms with van der Waals surface area (Å²) < 4.78 is 5.07. The number of anilines is 2. The van der Waals surface area contributed by atoms with E-state index >= 15 is 0 Å². The van der Waals surface area contributed by atoms with Crippen LogP contribution in [0.3, 0.4) is 0 Å². The Bertz CT molecular complexity index is 851. The van der Waals surface area contributed by atoms with Gasteiger partial charge >= 0.3 is 0 Å². The lowest BCUT2D eigenvalue weighted by Crippen LogP contribution is -2.33. The van der Waals surface area contributed by atoms with Crippen molar-refractivity contribution >= 4 is 40.2 Å². The Labute approximate surface area is 155 Å². The highest BCUT2D eigenvalue weighted by molar-refractivity contribution is 8.15. The van der Waals surface area contributed by atoms with E-state index in [0.717, 1.165) is 22.2 Å². The van der Waals surface area contributed by atoms with Crippen LogP contribution in [0.4, 0.5) is 16.2 Å². The molecule has 3 amide bonds. The van der Waals surface area contributed by atoms with Gasteiger partial charge in [0, 0.05) is 12.1 Å². The highest BCUT2D eigenvalue weighted by Crippen LogP contribution is 2.35. The zero-order valence-corrected chi connectivity index (χ0v) is 15.2. The predicted molar refractivity (Wildman–Crippen MR) is 102 cm³/mol. The van der Waals surface area contributed by atoms with Gasteiger partial charge in [-0.15, -0.1) is 0 Å². The highest BCUT2D eigenvalue weighted by atomic mass is 32.2. The molecule has 1 heterocycles. The second-order valence-electron chi connectivity index (χ2n) is 5.81. The van der Waals surface area contributed by atoms with Crippen molar-refractivity contribution in [3.05, 3.63) is 54.1 Å². The molecular formula is C19H18N2O4S. The Morgan fingerprint density at radius 2 is 1.85 bits per heavy atom. The quantitative estimate of drug-likeness (QED) is 0.870. The predicted octanol–water partition coefficient (Wildman–Crippen LogP) is 3.60. The van der Waals surface area contributed by atoms with Crippen LogP contribution in [0.2, 0.25) is 0 Å². The number of thioether (sulfide) groups is 1. The smallest absolute Gasteiger partial charge is 0.293 e. The number of nitrogens with one attached hydrogen (secondary N) is 1. The summed E-state index contributed by atoms with van der Waals surface area (Å²) in [7, 11) is 1.56. The molecule has 0 aromatic heterocycles. The van der Waals surface area contributed by atoms with Crippen LogP contribution >= 0.6 is 11.8 Å². The fourth-order valence-electron chi connectivity index (χ4n) is 2.67. The summed E-state index contributed by atoms with van der Waals surface area (Å²) in [6.07, 6.45) is -0.0658. The van der Waals surface area contributed by atoms with E-state index in [1.807, 2.05) is 19.1 Å². The molecule has 1 aliphatic heterocycles. The van der Waals surface area contributed by atoms with Crippen LogP contribution in [0.5, 0.6) is 5.75 Å². The van der Waals surface area contributed by atoms with E-state index in [1.54, 1.807) is 43.5 Å². The van der Waals surface area contributed by atoms with E-state index in [-0.39, 0.29) is 23.5 Å². The minimum absolute atomic E-state index is 0.0658. The first kappa shape index (κ1) is 18.0. The number of ether oxygens (including phenoxy) is 1. The van der Waals surface area contributed by atoms with E-state index in [9.17, 15) is 14.4 Å². The van der Waals surface area contributed by atoms with Crippen molar-refractivity contribution in [3.63, 3.8) is 0 Å². The minimum atomic E-state index is -0.722. The van der Waals surface area contributed by atoms with Crippen LogP contribution in [0.25, 0.3) is 0 Å². The van der Waals surface area contributed by atoms with Crippen LogP contribution < -0.4 is 15.0 Å². The fourth-order valence-corrected chi connectivity index (χ4v) is 3.65. The van der Waals surface area contributed by atoms with Gasteiger partial charge in [-0.05, 0) is 54.6 Å².